The van der Waals surface area contributed by atoms with Crippen molar-refractivity contribution in [3.63, 3.8) is 0 Å². The van der Waals surface area contributed by atoms with E-state index in [2.05, 4.69) is 10.0 Å². The molecule has 0 spiro atoms. The van der Waals surface area contributed by atoms with Crippen molar-refractivity contribution in [2.45, 2.75) is 18.4 Å². The summed E-state index contributed by atoms with van der Waals surface area (Å²) in [6, 6.07) is 11.1. The first kappa shape index (κ1) is 21.9. The first-order valence-corrected chi connectivity index (χ1v) is 10.8. The minimum atomic E-state index is -2.22. The fraction of sp³-hybridized carbons (Fsp3) is 0.0909. The van der Waals surface area contributed by atoms with Crippen LogP contribution in [0.2, 0.25) is 5.02 Å². The van der Waals surface area contributed by atoms with Crippen LogP contribution in [0, 0.1) is 11.6 Å². The molecule has 0 aromatic heterocycles. The number of amides is 1. The summed E-state index contributed by atoms with van der Waals surface area (Å²) in [5.74, 6) is -3.31. The normalized spacial score (nSPS) is 15.2. The average Bonchev–Trinajstić information content (AvgIpc) is 2.75. The number of esters is 1. The SMILES string of the molecule is CC(=O)Oc1c(Cl)cc2cc1S(=O)Nc1cc(c(F)cc1F)-c1ccccc1CNC2=O. The van der Waals surface area contributed by atoms with Crippen LogP contribution in [0.4, 0.5) is 14.5 Å². The zero-order valence-electron chi connectivity index (χ0n) is 16.5. The van der Waals surface area contributed by atoms with E-state index in [0.717, 1.165) is 6.92 Å². The molecule has 164 valence electrons. The van der Waals surface area contributed by atoms with Gasteiger partial charge in [-0.15, -0.1) is 0 Å². The predicted molar refractivity (Wildman–Crippen MR) is 116 cm³/mol. The Bertz CT molecular complexity index is 1300. The maximum Gasteiger partial charge on any atom is 0.308 e. The lowest BCUT2D eigenvalue weighted by Crippen LogP contribution is -2.23. The number of hydrogen-bond donors (Lipinski definition) is 2. The fourth-order valence-corrected chi connectivity index (χ4v) is 4.62. The number of nitrogens with one attached hydrogen (secondary N) is 2. The average molecular weight is 477 g/mol. The lowest BCUT2D eigenvalue weighted by molar-refractivity contribution is -0.132. The van der Waals surface area contributed by atoms with E-state index in [0.29, 0.717) is 17.2 Å². The van der Waals surface area contributed by atoms with Gasteiger partial charge in [-0.3, -0.25) is 14.3 Å². The summed E-state index contributed by atoms with van der Waals surface area (Å²) in [5.41, 5.74) is 0.874. The van der Waals surface area contributed by atoms with Gasteiger partial charge in [0.1, 0.15) is 16.5 Å². The quantitative estimate of drug-likeness (QED) is 0.397. The molecule has 1 amide bonds. The van der Waals surface area contributed by atoms with Crippen LogP contribution in [0.15, 0.2) is 53.4 Å². The Morgan fingerprint density at radius 3 is 2.59 bits per heavy atom. The van der Waals surface area contributed by atoms with E-state index in [1.54, 1.807) is 24.3 Å². The summed E-state index contributed by atoms with van der Waals surface area (Å²) in [7, 11) is -2.22. The number of rotatable bonds is 1. The van der Waals surface area contributed by atoms with Crippen molar-refractivity contribution in [2.75, 3.05) is 4.72 Å². The summed E-state index contributed by atoms with van der Waals surface area (Å²) in [6.07, 6.45) is 0. The molecule has 4 bridgehead atoms. The lowest BCUT2D eigenvalue weighted by atomic mass is 9.98. The Labute approximate surface area is 189 Å². The summed E-state index contributed by atoms with van der Waals surface area (Å²) in [4.78, 5) is 24.1. The predicted octanol–water partition coefficient (Wildman–Crippen LogP) is 4.59. The summed E-state index contributed by atoms with van der Waals surface area (Å²) < 4.78 is 49.8. The van der Waals surface area contributed by atoms with E-state index >= 15 is 0 Å². The number of anilines is 1. The van der Waals surface area contributed by atoms with Gasteiger partial charge in [-0.1, -0.05) is 35.9 Å². The molecule has 3 aromatic rings. The number of carbonyl (C=O) groups is 2. The maximum atomic E-state index is 14.7. The second-order valence-electron chi connectivity index (χ2n) is 6.90. The van der Waals surface area contributed by atoms with Gasteiger partial charge in [-0.25, -0.2) is 13.0 Å². The van der Waals surface area contributed by atoms with E-state index in [9.17, 15) is 22.6 Å². The molecule has 32 heavy (non-hydrogen) atoms. The topological polar surface area (TPSA) is 84.5 Å². The van der Waals surface area contributed by atoms with Gasteiger partial charge in [0.05, 0.1) is 10.7 Å². The Balaban J connectivity index is 1.94. The molecule has 1 heterocycles. The first-order chi connectivity index (χ1) is 15.2. The maximum absolute atomic E-state index is 14.7. The monoisotopic (exact) mass is 476 g/mol. The molecule has 4 rings (SSSR count). The highest BCUT2D eigenvalue weighted by Crippen LogP contribution is 2.36. The Hall–Kier alpha value is -3.30. The molecule has 1 unspecified atom stereocenters. The number of carbonyl (C=O) groups excluding carboxylic acids is 2. The van der Waals surface area contributed by atoms with Crippen LogP contribution >= 0.6 is 11.6 Å². The zero-order valence-corrected chi connectivity index (χ0v) is 18.1. The van der Waals surface area contributed by atoms with Crippen LogP contribution in [-0.4, -0.2) is 16.1 Å². The molecular weight excluding hydrogens is 462 g/mol. The molecule has 0 fully saturated rings. The van der Waals surface area contributed by atoms with E-state index in [1.165, 1.54) is 18.2 Å². The molecule has 1 aliphatic rings. The second-order valence-corrected chi connectivity index (χ2v) is 8.49. The highest BCUT2D eigenvalue weighted by molar-refractivity contribution is 7.86. The van der Waals surface area contributed by atoms with Crippen LogP contribution in [-0.2, 0) is 22.3 Å². The number of ether oxygens (including phenoxy) is 1. The standard InChI is InChI=1S/C22H15ClF2N2O4S/c1-11(28)31-21-16(23)6-13-7-20(21)32(30)27-19-8-15(17(24)9-18(19)25)14-5-3-2-4-12(14)10-26-22(13)29/h2-9,27H,10H2,1H3,(H,26,29). The van der Waals surface area contributed by atoms with E-state index in [-0.39, 0.29) is 39.0 Å². The molecule has 0 saturated heterocycles. The van der Waals surface area contributed by atoms with Crippen LogP contribution < -0.4 is 14.8 Å². The van der Waals surface area contributed by atoms with E-state index in [4.69, 9.17) is 16.3 Å². The van der Waals surface area contributed by atoms with Gasteiger partial charge in [0.15, 0.2) is 16.7 Å². The van der Waals surface area contributed by atoms with Gasteiger partial charge in [0, 0.05) is 30.7 Å². The van der Waals surface area contributed by atoms with Crippen LogP contribution in [0.1, 0.15) is 22.8 Å². The highest BCUT2D eigenvalue weighted by atomic mass is 35.5. The summed E-state index contributed by atoms with van der Waals surface area (Å²) >= 11 is 6.20. The number of halogens is 3. The van der Waals surface area contributed by atoms with Gasteiger partial charge in [-0.05, 0) is 29.3 Å². The second kappa shape index (κ2) is 8.68. The fourth-order valence-electron chi connectivity index (χ4n) is 3.28. The van der Waals surface area contributed by atoms with Crippen molar-refractivity contribution in [3.05, 3.63) is 76.3 Å². The molecule has 1 atom stereocenters. The number of hydrogen-bond acceptors (Lipinski definition) is 4. The minimum Gasteiger partial charge on any atom is -0.424 e. The molecule has 6 nitrogen and oxygen atoms in total. The van der Waals surface area contributed by atoms with Crippen molar-refractivity contribution in [1.82, 2.24) is 5.32 Å². The Kier molecular flexibility index (Phi) is 5.94. The Morgan fingerprint density at radius 1 is 1.09 bits per heavy atom. The molecule has 10 heteroatoms. The summed E-state index contributed by atoms with van der Waals surface area (Å²) in [6.45, 7) is 1.17. The molecule has 2 N–H and O–H groups in total. The molecule has 1 aliphatic heterocycles. The first-order valence-electron chi connectivity index (χ1n) is 9.30. The molecular formula is C22H15ClF2N2O4S. The van der Waals surface area contributed by atoms with Crippen molar-refractivity contribution in [2.24, 2.45) is 0 Å². The molecule has 0 aliphatic carbocycles. The largest absolute Gasteiger partial charge is 0.424 e. The van der Waals surface area contributed by atoms with Gasteiger partial charge in [0.25, 0.3) is 5.91 Å². The third kappa shape index (κ3) is 4.21. The molecule has 3 aromatic carbocycles. The molecule has 0 saturated carbocycles. The van der Waals surface area contributed by atoms with Gasteiger partial charge in [-0.2, -0.15) is 0 Å². The van der Waals surface area contributed by atoms with Crippen molar-refractivity contribution in [1.29, 1.82) is 0 Å². The smallest absolute Gasteiger partial charge is 0.308 e. The minimum absolute atomic E-state index is 0.0380. The summed E-state index contributed by atoms with van der Waals surface area (Å²) in [5, 5.41) is 2.57. The van der Waals surface area contributed by atoms with Crippen molar-refractivity contribution >= 4 is 40.2 Å². The van der Waals surface area contributed by atoms with Crippen LogP contribution in [0.25, 0.3) is 11.1 Å². The Morgan fingerprint density at radius 2 is 1.84 bits per heavy atom. The molecule has 0 radical (unpaired) electrons. The third-order valence-electron chi connectivity index (χ3n) is 4.72. The van der Waals surface area contributed by atoms with Crippen molar-refractivity contribution in [3.8, 4) is 16.9 Å². The van der Waals surface area contributed by atoms with Gasteiger partial charge < -0.3 is 10.1 Å². The lowest BCUT2D eigenvalue weighted by Gasteiger charge is -2.14. The van der Waals surface area contributed by atoms with Crippen LogP contribution in [0.5, 0.6) is 5.75 Å². The van der Waals surface area contributed by atoms with E-state index in [1.807, 2.05) is 0 Å². The third-order valence-corrected chi connectivity index (χ3v) is 6.11. The van der Waals surface area contributed by atoms with Gasteiger partial charge >= 0.3 is 5.97 Å². The number of benzene rings is 3. The number of fused-ring (bicyclic) bond motifs is 6. The highest BCUT2D eigenvalue weighted by Gasteiger charge is 2.23. The van der Waals surface area contributed by atoms with E-state index < -0.39 is 34.5 Å². The van der Waals surface area contributed by atoms with Crippen LogP contribution in [0.3, 0.4) is 0 Å². The van der Waals surface area contributed by atoms with Gasteiger partial charge in [0.2, 0.25) is 0 Å². The zero-order chi connectivity index (χ0) is 23.0. The van der Waals surface area contributed by atoms with Crippen molar-refractivity contribution < 1.29 is 27.3 Å².